The molecule has 1 aromatic heterocycles. The summed E-state index contributed by atoms with van der Waals surface area (Å²) < 4.78 is 7.03. The van der Waals surface area contributed by atoms with E-state index in [2.05, 4.69) is 10.4 Å². The fraction of sp³-hybridized carbons (Fsp3) is 0.389. The number of hydrogen-bond acceptors (Lipinski definition) is 4. The molecule has 0 aliphatic heterocycles. The molecule has 0 spiro atoms. The first kappa shape index (κ1) is 18.5. The number of nitrogens with zero attached hydrogens (tertiary/aromatic N) is 2. The van der Waals surface area contributed by atoms with Gasteiger partial charge in [0, 0.05) is 0 Å². The second-order valence-electron chi connectivity index (χ2n) is 6.83. The Morgan fingerprint density at radius 2 is 1.80 bits per heavy atom. The van der Waals surface area contributed by atoms with Gasteiger partial charge in [-0.1, -0.05) is 12.1 Å². The Kier molecular flexibility index (Phi) is 5.15. The lowest BCUT2D eigenvalue weighted by molar-refractivity contribution is 0.0633. The number of carboxylic acid groups (broad SMARTS) is 1. The first-order valence-corrected chi connectivity index (χ1v) is 7.93. The molecule has 1 aromatic carbocycles. The van der Waals surface area contributed by atoms with Crippen molar-refractivity contribution < 1.29 is 19.4 Å². The lowest BCUT2D eigenvalue weighted by Gasteiger charge is -2.19. The van der Waals surface area contributed by atoms with E-state index in [9.17, 15) is 9.59 Å². The van der Waals surface area contributed by atoms with Crippen molar-refractivity contribution in [2.75, 3.05) is 5.32 Å². The predicted molar refractivity (Wildman–Crippen MR) is 94.1 cm³/mol. The third kappa shape index (κ3) is 4.82. The maximum absolute atomic E-state index is 12.0. The van der Waals surface area contributed by atoms with Crippen LogP contribution < -0.4 is 5.32 Å². The minimum atomic E-state index is -0.957. The molecule has 7 heteroatoms. The third-order valence-corrected chi connectivity index (χ3v) is 3.54. The smallest absolute Gasteiger partial charge is 0.412 e. The van der Waals surface area contributed by atoms with Crippen molar-refractivity contribution in [3.63, 3.8) is 0 Å². The molecule has 0 fully saturated rings. The molecule has 7 nitrogen and oxygen atoms in total. The van der Waals surface area contributed by atoms with E-state index in [1.807, 2.05) is 13.8 Å². The zero-order valence-electron chi connectivity index (χ0n) is 15.1. The van der Waals surface area contributed by atoms with Crippen LogP contribution in [0.3, 0.4) is 0 Å². The van der Waals surface area contributed by atoms with Crippen molar-refractivity contribution in [3.8, 4) is 0 Å². The highest BCUT2D eigenvalue weighted by atomic mass is 16.6. The highest BCUT2D eigenvalue weighted by Crippen LogP contribution is 2.21. The molecule has 0 bridgehead atoms. The van der Waals surface area contributed by atoms with Crippen molar-refractivity contribution in [3.05, 3.63) is 46.8 Å². The molecule has 0 radical (unpaired) electrons. The summed E-state index contributed by atoms with van der Waals surface area (Å²) in [6, 6.07) is 6.62. The number of ether oxygens (including phenoxy) is 1. The number of carbonyl (C=O) groups is 2. The fourth-order valence-corrected chi connectivity index (χ4v) is 2.36. The van der Waals surface area contributed by atoms with Gasteiger partial charge in [-0.3, -0.25) is 10.00 Å². The van der Waals surface area contributed by atoms with Crippen LogP contribution in [0.2, 0.25) is 0 Å². The van der Waals surface area contributed by atoms with Crippen LogP contribution in [0.1, 0.15) is 48.1 Å². The first-order valence-electron chi connectivity index (χ1n) is 7.93. The third-order valence-electron chi connectivity index (χ3n) is 3.54. The summed E-state index contributed by atoms with van der Waals surface area (Å²) in [4.78, 5) is 22.9. The van der Waals surface area contributed by atoms with Gasteiger partial charge in [0.15, 0.2) is 0 Å². The number of aryl methyl sites for hydroxylation is 1. The number of anilines is 1. The molecule has 1 amide bonds. The normalized spacial score (nSPS) is 11.2. The van der Waals surface area contributed by atoms with Gasteiger partial charge in [0.2, 0.25) is 0 Å². The van der Waals surface area contributed by atoms with Crippen LogP contribution in [0.4, 0.5) is 10.5 Å². The lowest BCUT2D eigenvalue weighted by Crippen LogP contribution is -2.27. The Morgan fingerprint density at radius 3 is 2.32 bits per heavy atom. The molecule has 0 unspecified atom stereocenters. The molecule has 0 aliphatic carbocycles. The van der Waals surface area contributed by atoms with Crippen molar-refractivity contribution in [2.24, 2.45) is 0 Å². The van der Waals surface area contributed by atoms with E-state index < -0.39 is 17.7 Å². The summed E-state index contributed by atoms with van der Waals surface area (Å²) in [6.45, 7) is 9.55. The number of carbonyl (C=O) groups excluding carboxylic acids is 1. The maximum Gasteiger partial charge on any atom is 0.412 e. The van der Waals surface area contributed by atoms with E-state index in [-0.39, 0.29) is 5.56 Å². The number of aromatic carboxylic acids is 1. The second-order valence-corrected chi connectivity index (χ2v) is 6.83. The highest BCUT2D eigenvalue weighted by Gasteiger charge is 2.20. The summed E-state index contributed by atoms with van der Waals surface area (Å²) in [5, 5.41) is 16.1. The van der Waals surface area contributed by atoms with Crippen LogP contribution in [-0.4, -0.2) is 32.6 Å². The van der Waals surface area contributed by atoms with Crippen molar-refractivity contribution in [2.45, 2.75) is 46.8 Å². The Bertz CT molecular complexity index is 786. The lowest BCUT2D eigenvalue weighted by atomic mass is 10.1. The molecular weight excluding hydrogens is 322 g/mol. The average molecular weight is 345 g/mol. The molecular formula is C18H23N3O4. The van der Waals surface area contributed by atoms with E-state index in [1.165, 1.54) is 0 Å². The molecule has 0 aliphatic rings. The van der Waals surface area contributed by atoms with Gasteiger partial charge in [0.05, 0.1) is 29.2 Å². The largest absolute Gasteiger partial charge is 0.478 e. The Balaban J connectivity index is 2.15. The molecule has 0 saturated heterocycles. The van der Waals surface area contributed by atoms with E-state index >= 15 is 0 Å². The van der Waals surface area contributed by atoms with Gasteiger partial charge in [-0.25, -0.2) is 9.59 Å². The summed E-state index contributed by atoms with van der Waals surface area (Å²) >= 11 is 0. The van der Waals surface area contributed by atoms with Crippen LogP contribution in [-0.2, 0) is 11.3 Å². The molecule has 2 aromatic rings. The Hall–Kier alpha value is -2.83. The van der Waals surface area contributed by atoms with Gasteiger partial charge in [-0.2, -0.15) is 5.10 Å². The summed E-state index contributed by atoms with van der Waals surface area (Å²) in [5.41, 5.74) is 2.68. The molecule has 2 rings (SSSR count). The predicted octanol–water partition coefficient (Wildman–Crippen LogP) is 3.59. The second kappa shape index (κ2) is 6.96. The SMILES string of the molecule is Cc1nn(Cc2ccc(C(=O)O)cc2)c(C)c1NC(=O)OC(C)(C)C. The molecule has 25 heavy (non-hydrogen) atoms. The first-order chi connectivity index (χ1) is 11.6. The fourth-order valence-electron chi connectivity index (χ4n) is 2.36. The summed E-state index contributed by atoms with van der Waals surface area (Å²) in [5.74, 6) is -0.957. The molecule has 1 heterocycles. The minimum absolute atomic E-state index is 0.240. The van der Waals surface area contributed by atoms with Crippen LogP contribution in [0.15, 0.2) is 24.3 Å². The van der Waals surface area contributed by atoms with Crippen molar-refractivity contribution >= 4 is 17.7 Å². The van der Waals surface area contributed by atoms with Crippen molar-refractivity contribution in [1.29, 1.82) is 0 Å². The number of carboxylic acids is 1. The molecule has 134 valence electrons. The maximum atomic E-state index is 12.0. The van der Waals surface area contributed by atoms with E-state index in [0.29, 0.717) is 17.9 Å². The average Bonchev–Trinajstić information content (AvgIpc) is 2.73. The summed E-state index contributed by atoms with van der Waals surface area (Å²) in [7, 11) is 0. The van der Waals surface area contributed by atoms with Crippen LogP contribution in [0.5, 0.6) is 0 Å². The number of aromatic nitrogens is 2. The zero-order chi connectivity index (χ0) is 18.8. The molecule has 2 N–H and O–H groups in total. The minimum Gasteiger partial charge on any atom is -0.478 e. The van der Waals surface area contributed by atoms with Gasteiger partial charge >= 0.3 is 12.1 Å². The number of hydrogen-bond donors (Lipinski definition) is 2. The topological polar surface area (TPSA) is 93.5 Å². The highest BCUT2D eigenvalue weighted by molar-refractivity contribution is 5.87. The Morgan fingerprint density at radius 1 is 1.20 bits per heavy atom. The Labute approximate surface area is 146 Å². The van der Waals surface area contributed by atoms with Gasteiger partial charge in [-0.05, 0) is 52.3 Å². The number of nitrogens with one attached hydrogen (secondary N) is 1. The van der Waals surface area contributed by atoms with E-state index in [0.717, 1.165) is 11.3 Å². The molecule has 0 atom stereocenters. The van der Waals surface area contributed by atoms with Crippen LogP contribution in [0.25, 0.3) is 0 Å². The monoisotopic (exact) mass is 345 g/mol. The van der Waals surface area contributed by atoms with Gasteiger partial charge in [-0.15, -0.1) is 0 Å². The quantitative estimate of drug-likeness (QED) is 0.883. The van der Waals surface area contributed by atoms with Crippen LogP contribution >= 0.6 is 0 Å². The van der Waals surface area contributed by atoms with Gasteiger partial charge < -0.3 is 9.84 Å². The van der Waals surface area contributed by atoms with Gasteiger partial charge in [0.25, 0.3) is 0 Å². The zero-order valence-corrected chi connectivity index (χ0v) is 15.1. The summed E-state index contributed by atoms with van der Waals surface area (Å²) in [6.07, 6.45) is -0.524. The van der Waals surface area contributed by atoms with E-state index in [1.54, 1.807) is 49.7 Å². The van der Waals surface area contributed by atoms with Crippen molar-refractivity contribution in [1.82, 2.24) is 9.78 Å². The molecule has 0 saturated carbocycles. The van der Waals surface area contributed by atoms with Crippen LogP contribution in [0, 0.1) is 13.8 Å². The number of amides is 1. The number of benzene rings is 1. The van der Waals surface area contributed by atoms with E-state index in [4.69, 9.17) is 9.84 Å². The number of rotatable bonds is 4. The standard InChI is InChI=1S/C18H23N3O4/c1-11-15(19-17(24)25-18(3,4)5)12(2)21(20-11)10-13-6-8-14(9-7-13)16(22)23/h6-9H,10H2,1-5H3,(H,19,24)(H,22,23). The van der Waals surface area contributed by atoms with Gasteiger partial charge in [0.1, 0.15) is 5.60 Å².